The molecule has 1 aromatic rings. The van der Waals surface area contributed by atoms with E-state index in [1.165, 1.54) is 4.31 Å². The van der Waals surface area contributed by atoms with E-state index in [9.17, 15) is 8.42 Å². The van der Waals surface area contributed by atoms with Crippen LogP contribution in [0.2, 0.25) is 0 Å². The van der Waals surface area contributed by atoms with E-state index < -0.39 is 10.2 Å². The summed E-state index contributed by atoms with van der Waals surface area (Å²) in [6.07, 6.45) is 2.52. The van der Waals surface area contributed by atoms with Gasteiger partial charge in [-0.2, -0.15) is 12.7 Å². The van der Waals surface area contributed by atoms with Crippen molar-refractivity contribution < 1.29 is 8.42 Å². The summed E-state index contributed by atoms with van der Waals surface area (Å²) in [6.45, 7) is 6.76. The largest absolute Gasteiger partial charge is 0.317 e. The zero-order chi connectivity index (χ0) is 15.7. The highest BCUT2D eigenvalue weighted by Crippen LogP contribution is 2.08. The van der Waals surface area contributed by atoms with Crippen LogP contribution in [0.1, 0.15) is 30.5 Å². The molecule has 1 heterocycles. The SMILES string of the molecule is CCCNCCCN(C)S(=O)(=O)NCCc1csc(C)n1. The van der Waals surface area contributed by atoms with Gasteiger partial charge in [0.1, 0.15) is 0 Å². The molecule has 0 amide bonds. The molecule has 0 radical (unpaired) electrons. The molecule has 0 aliphatic heterocycles. The molecule has 0 saturated carbocycles. The Kier molecular flexibility index (Phi) is 8.35. The van der Waals surface area contributed by atoms with Crippen molar-refractivity contribution in [2.75, 3.05) is 33.2 Å². The Bertz CT molecular complexity index is 502. The Morgan fingerprint density at radius 1 is 1.33 bits per heavy atom. The van der Waals surface area contributed by atoms with Gasteiger partial charge in [-0.15, -0.1) is 11.3 Å². The molecule has 0 atom stereocenters. The second-order valence-corrected chi connectivity index (χ2v) is 7.86. The minimum atomic E-state index is -3.39. The van der Waals surface area contributed by atoms with Gasteiger partial charge in [0.25, 0.3) is 10.2 Å². The molecule has 1 aromatic heterocycles. The second kappa shape index (κ2) is 9.47. The first-order valence-electron chi connectivity index (χ1n) is 7.28. The van der Waals surface area contributed by atoms with Crippen molar-refractivity contribution in [2.24, 2.45) is 0 Å². The van der Waals surface area contributed by atoms with Gasteiger partial charge >= 0.3 is 0 Å². The van der Waals surface area contributed by atoms with Crippen LogP contribution in [0.25, 0.3) is 0 Å². The number of aromatic nitrogens is 1. The van der Waals surface area contributed by atoms with Gasteiger partial charge < -0.3 is 5.32 Å². The van der Waals surface area contributed by atoms with E-state index in [4.69, 9.17) is 0 Å². The summed E-state index contributed by atoms with van der Waals surface area (Å²) < 4.78 is 28.0. The highest BCUT2D eigenvalue weighted by atomic mass is 32.2. The maximum Gasteiger partial charge on any atom is 0.279 e. The Morgan fingerprint density at radius 2 is 2.10 bits per heavy atom. The Balaban J connectivity index is 2.24. The molecule has 0 aliphatic rings. The van der Waals surface area contributed by atoms with Gasteiger partial charge in [0.2, 0.25) is 0 Å². The van der Waals surface area contributed by atoms with Crippen LogP contribution >= 0.6 is 11.3 Å². The highest BCUT2D eigenvalue weighted by Gasteiger charge is 2.16. The molecule has 0 spiro atoms. The molecule has 6 nitrogen and oxygen atoms in total. The molecule has 0 unspecified atom stereocenters. The van der Waals surface area contributed by atoms with E-state index in [1.54, 1.807) is 18.4 Å². The molecule has 8 heteroatoms. The molecule has 1 rings (SSSR count). The summed E-state index contributed by atoms with van der Waals surface area (Å²) >= 11 is 1.58. The van der Waals surface area contributed by atoms with E-state index >= 15 is 0 Å². The highest BCUT2D eigenvalue weighted by molar-refractivity contribution is 7.87. The van der Waals surface area contributed by atoms with Crippen molar-refractivity contribution in [3.8, 4) is 0 Å². The molecule has 0 bridgehead atoms. The number of nitrogens with one attached hydrogen (secondary N) is 2. The van der Waals surface area contributed by atoms with Crippen molar-refractivity contribution in [3.05, 3.63) is 16.1 Å². The standard InChI is InChI=1S/C13H26N4O2S2/c1-4-7-14-8-5-10-17(3)21(18,19)15-9-6-13-11-20-12(2)16-13/h11,14-15H,4-10H2,1-3H3. The van der Waals surface area contributed by atoms with E-state index in [2.05, 4.69) is 21.9 Å². The van der Waals surface area contributed by atoms with E-state index in [0.717, 1.165) is 36.6 Å². The summed E-state index contributed by atoms with van der Waals surface area (Å²) in [5.41, 5.74) is 0.937. The number of thiazole rings is 1. The number of aryl methyl sites for hydroxylation is 1. The van der Waals surface area contributed by atoms with Crippen molar-refractivity contribution in [3.63, 3.8) is 0 Å². The average Bonchev–Trinajstić information content (AvgIpc) is 2.83. The van der Waals surface area contributed by atoms with Crippen LogP contribution < -0.4 is 10.0 Å². The Hall–Kier alpha value is -0.540. The molecule has 0 aromatic carbocycles. The van der Waals surface area contributed by atoms with E-state index in [-0.39, 0.29) is 0 Å². The topological polar surface area (TPSA) is 74.3 Å². The van der Waals surface area contributed by atoms with Crippen molar-refractivity contribution >= 4 is 21.5 Å². The molecule has 0 aliphatic carbocycles. The Labute approximate surface area is 132 Å². The summed E-state index contributed by atoms with van der Waals surface area (Å²) in [5.74, 6) is 0. The van der Waals surface area contributed by atoms with Crippen LogP contribution in [-0.2, 0) is 16.6 Å². The number of hydrogen-bond donors (Lipinski definition) is 2. The van der Waals surface area contributed by atoms with Crippen molar-refractivity contribution in [1.82, 2.24) is 19.3 Å². The molecule has 0 saturated heterocycles. The smallest absolute Gasteiger partial charge is 0.279 e. The molecule has 2 N–H and O–H groups in total. The van der Waals surface area contributed by atoms with Crippen LogP contribution in [0.3, 0.4) is 0 Å². The summed E-state index contributed by atoms with van der Waals surface area (Å²) in [7, 11) is -1.78. The summed E-state index contributed by atoms with van der Waals surface area (Å²) in [5, 5.41) is 6.23. The lowest BCUT2D eigenvalue weighted by Gasteiger charge is -2.17. The fourth-order valence-corrected chi connectivity index (χ4v) is 3.39. The van der Waals surface area contributed by atoms with Gasteiger partial charge in [-0.3, -0.25) is 0 Å². The van der Waals surface area contributed by atoms with Crippen molar-refractivity contribution in [2.45, 2.75) is 33.1 Å². The first-order valence-corrected chi connectivity index (χ1v) is 9.60. The quantitative estimate of drug-likeness (QED) is 0.595. The molecule has 0 fully saturated rings. The first-order chi connectivity index (χ1) is 9.95. The van der Waals surface area contributed by atoms with E-state index in [0.29, 0.717) is 19.5 Å². The lowest BCUT2D eigenvalue weighted by molar-refractivity contribution is 0.444. The Morgan fingerprint density at radius 3 is 2.71 bits per heavy atom. The lowest BCUT2D eigenvalue weighted by Crippen LogP contribution is -2.40. The van der Waals surface area contributed by atoms with Gasteiger partial charge in [-0.1, -0.05) is 6.92 Å². The van der Waals surface area contributed by atoms with Gasteiger partial charge in [0.05, 0.1) is 10.7 Å². The first kappa shape index (κ1) is 18.5. The maximum atomic E-state index is 12.0. The third kappa shape index (κ3) is 7.32. The van der Waals surface area contributed by atoms with Crippen LogP contribution in [-0.4, -0.2) is 50.9 Å². The number of rotatable bonds is 11. The van der Waals surface area contributed by atoms with E-state index in [1.807, 2.05) is 12.3 Å². The van der Waals surface area contributed by atoms with Crippen LogP contribution in [0.4, 0.5) is 0 Å². The fourth-order valence-electron chi connectivity index (χ4n) is 1.79. The molecular formula is C13H26N4O2S2. The molecule has 122 valence electrons. The zero-order valence-electron chi connectivity index (χ0n) is 13.1. The summed E-state index contributed by atoms with van der Waals surface area (Å²) in [6, 6.07) is 0. The predicted octanol–water partition coefficient (Wildman–Crippen LogP) is 1.15. The number of nitrogens with zero attached hydrogens (tertiary/aromatic N) is 2. The van der Waals surface area contributed by atoms with Crippen LogP contribution in [0.15, 0.2) is 5.38 Å². The van der Waals surface area contributed by atoms with Crippen LogP contribution in [0, 0.1) is 6.92 Å². The number of hydrogen-bond acceptors (Lipinski definition) is 5. The average molecular weight is 335 g/mol. The summed E-state index contributed by atoms with van der Waals surface area (Å²) in [4.78, 5) is 4.32. The molecule has 21 heavy (non-hydrogen) atoms. The third-order valence-electron chi connectivity index (χ3n) is 3.00. The monoisotopic (exact) mass is 334 g/mol. The van der Waals surface area contributed by atoms with Crippen molar-refractivity contribution in [1.29, 1.82) is 0 Å². The predicted molar refractivity (Wildman–Crippen MR) is 87.9 cm³/mol. The normalized spacial score (nSPS) is 12.2. The third-order valence-corrected chi connectivity index (χ3v) is 5.39. The minimum absolute atomic E-state index is 0.379. The zero-order valence-corrected chi connectivity index (χ0v) is 14.7. The molecular weight excluding hydrogens is 308 g/mol. The minimum Gasteiger partial charge on any atom is -0.317 e. The van der Waals surface area contributed by atoms with Gasteiger partial charge in [-0.25, -0.2) is 9.71 Å². The van der Waals surface area contributed by atoms with Gasteiger partial charge in [0, 0.05) is 31.9 Å². The van der Waals surface area contributed by atoms with Crippen LogP contribution in [0.5, 0.6) is 0 Å². The van der Waals surface area contributed by atoms with Gasteiger partial charge in [0.15, 0.2) is 0 Å². The maximum absolute atomic E-state index is 12.0. The fraction of sp³-hybridized carbons (Fsp3) is 0.769. The van der Waals surface area contributed by atoms with Gasteiger partial charge in [-0.05, 0) is 32.9 Å². The lowest BCUT2D eigenvalue weighted by atomic mass is 10.3. The second-order valence-electron chi connectivity index (χ2n) is 4.93.